The lowest BCUT2D eigenvalue weighted by atomic mass is 9.95. The van der Waals surface area contributed by atoms with E-state index in [1.807, 2.05) is 18.2 Å². The molecule has 84 valence electrons. The van der Waals surface area contributed by atoms with Gasteiger partial charge in [0.05, 0.1) is 12.2 Å². The van der Waals surface area contributed by atoms with Crippen LogP contribution in [0.15, 0.2) is 70.7 Å². The zero-order valence-electron chi connectivity index (χ0n) is 9.24. The Bertz CT molecular complexity index is 518. The van der Waals surface area contributed by atoms with E-state index in [1.54, 1.807) is 17.6 Å². The van der Waals surface area contributed by atoms with Crippen molar-refractivity contribution in [3.05, 3.63) is 82.4 Å². The molecule has 0 N–H and O–H groups in total. The molecule has 0 saturated heterocycles. The highest BCUT2D eigenvalue weighted by molar-refractivity contribution is 7.10. The summed E-state index contributed by atoms with van der Waals surface area (Å²) in [5.41, 5.74) is 1.27. The maximum absolute atomic E-state index is 5.58. The molecule has 1 atom stereocenters. The first kappa shape index (κ1) is 10.4. The van der Waals surface area contributed by atoms with Gasteiger partial charge in [-0.2, -0.15) is 0 Å². The first-order valence-corrected chi connectivity index (χ1v) is 6.45. The quantitative estimate of drug-likeness (QED) is 0.656. The maximum atomic E-state index is 5.58. The smallest absolute Gasteiger partial charge is 0.116 e. The van der Waals surface area contributed by atoms with Crippen molar-refractivity contribution in [1.82, 2.24) is 0 Å². The summed E-state index contributed by atoms with van der Waals surface area (Å²) in [6.45, 7) is 0. The molecular formula is C15H12OS. The van der Waals surface area contributed by atoms with E-state index in [2.05, 4.69) is 41.8 Å². The minimum Gasteiger partial charge on any atom is -0.468 e. The molecule has 17 heavy (non-hydrogen) atoms. The second kappa shape index (κ2) is 4.60. The molecule has 1 aromatic carbocycles. The van der Waals surface area contributed by atoms with E-state index < -0.39 is 0 Å². The number of rotatable bonds is 3. The van der Waals surface area contributed by atoms with E-state index in [9.17, 15) is 0 Å². The number of benzene rings is 1. The topological polar surface area (TPSA) is 13.1 Å². The zero-order chi connectivity index (χ0) is 11.5. The first-order valence-electron chi connectivity index (χ1n) is 5.57. The Balaban J connectivity index is 2.10. The fraction of sp³-hybridized carbons (Fsp3) is 0.0667. The first-order chi connectivity index (χ1) is 8.45. The Hall–Kier alpha value is -1.80. The van der Waals surface area contributed by atoms with Crippen molar-refractivity contribution in [2.45, 2.75) is 5.92 Å². The van der Waals surface area contributed by atoms with Crippen molar-refractivity contribution in [2.24, 2.45) is 0 Å². The van der Waals surface area contributed by atoms with Crippen LogP contribution in [0.2, 0.25) is 0 Å². The molecule has 0 aliphatic rings. The minimum atomic E-state index is 0.214. The lowest BCUT2D eigenvalue weighted by Crippen LogP contribution is -1.99. The van der Waals surface area contributed by atoms with Crippen LogP contribution in [0.4, 0.5) is 0 Å². The summed E-state index contributed by atoms with van der Waals surface area (Å²) < 4.78 is 5.58. The Morgan fingerprint density at radius 3 is 2.41 bits per heavy atom. The van der Waals surface area contributed by atoms with Gasteiger partial charge in [0.2, 0.25) is 0 Å². The summed E-state index contributed by atoms with van der Waals surface area (Å²) in [5.74, 6) is 1.21. The van der Waals surface area contributed by atoms with Crippen LogP contribution < -0.4 is 0 Å². The number of furan rings is 1. The fourth-order valence-corrected chi connectivity index (χ4v) is 2.89. The Morgan fingerprint density at radius 2 is 1.76 bits per heavy atom. The van der Waals surface area contributed by atoms with Crippen LogP contribution in [-0.2, 0) is 0 Å². The SMILES string of the molecule is c1ccc(C(c2ccco2)c2cccs2)cc1. The summed E-state index contributed by atoms with van der Waals surface area (Å²) >= 11 is 1.76. The van der Waals surface area contributed by atoms with Crippen LogP contribution in [0.1, 0.15) is 22.1 Å². The van der Waals surface area contributed by atoms with Gasteiger partial charge in [-0.25, -0.2) is 0 Å². The molecule has 2 heteroatoms. The molecule has 1 nitrogen and oxygen atoms in total. The molecule has 0 aliphatic carbocycles. The normalized spacial score (nSPS) is 12.5. The molecule has 2 aromatic heterocycles. The average Bonchev–Trinajstić information content (AvgIpc) is 3.04. The van der Waals surface area contributed by atoms with Crippen molar-refractivity contribution >= 4 is 11.3 Å². The molecule has 0 radical (unpaired) electrons. The van der Waals surface area contributed by atoms with Crippen LogP contribution in [0, 0.1) is 0 Å². The van der Waals surface area contributed by atoms with Gasteiger partial charge in [0.15, 0.2) is 0 Å². The van der Waals surface area contributed by atoms with E-state index >= 15 is 0 Å². The van der Waals surface area contributed by atoms with Crippen molar-refractivity contribution in [1.29, 1.82) is 0 Å². The van der Waals surface area contributed by atoms with Gasteiger partial charge in [0.1, 0.15) is 5.76 Å². The highest BCUT2D eigenvalue weighted by Crippen LogP contribution is 2.34. The molecule has 3 rings (SSSR count). The van der Waals surface area contributed by atoms with Gasteiger partial charge >= 0.3 is 0 Å². The molecule has 2 heterocycles. The van der Waals surface area contributed by atoms with Gasteiger partial charge in [-0.3, -0.25) is 0 Å². The number of hydrogen-bond acceptors (Lipinski definition) is 2. The fourth-order valence-electron chi connectivity index (χ4n) is 2.03. The van der Waals surface area contributed by atoms with Gasteiger partial charge in [-0.05, 0) is 29.1 Å². The summed E-state index contributed by atoms with van der Waals surface area (Å²) in [7, 11) is 0. The Morgan fingerprint density at radius 1 is 0.882 bits per heavy atom. The van der Waals surface area contributed by atoms with Gasteiger partial charge in [0, 0.05) is 4.88 Å². The summed E-state index contributed by atoms with van der Waals surface area (Å²) in [4.78, 5) is 1.31. The molecule has 1 unspecified atom stereocenters. The monoisotopic (exact) mass is 240 g/mol. The van der Waals surface area contributed by atoms with Crippen LogP contribution in [0.3, 0.4) is 0 Å². The van der Waals surface area contributed by atoms with E-state index in [1.165, 1.54) is 10.4 Å². The number of thiophene rings is 1. The molecular weight excluding hydrogens is 228 g/mol. The van der Waals surface area contributed by atoms with Crippen LogP contribution in [-0.4, -0.2) is 0 Å². The van der Waals surface area contributed by atoms with Gasteiger partial charge in [0.25, 0.3) is 0 Å². The van der Waals surface area contributed by atoms with E-state index in [0.29, 0.717) is 0 Å². The zero-order valence-corrected chi connectivity index (χ0v) is 10.1. The summed E-state index contributed by atoms with van der Waals surface area (Å²) in [5, 5.41) is 2.11. The Labute approximate surface area is 104 Å². The average molecular weight is 240 g/mol. The third-order valence-electron chi connectivity index (χ3n) is 2.79. The molecule has 0 amide bonds. The summed E-state index contributed by atoms with van der Waals surface area (Å²) in [6.07, 6.45) is 1.74. The predicted molar refractivity (Wildman–Crippen MR) is 70.4 cm³/mol. The lowest BCUT2D eigenvalue weighted by molar-refractivity contribution is 0.505. The second-order valence-corrected chi connectivity index (χ2v) is 4.85. The van der Waals surface area contributed by atoms with E-state index in [0.717, 1.165) is 5.76 Å². The van der Waals surface area contributed by atoms with Crippen molar-refractivity contribution in [3.8, 4) is 0 Å². The third kappa shape index (κ3) is 2.04. The molecule has 0 saturated carbocycles. The number of hydrogen-bond donors (Lipinski definition) is 0. The third-order valence-corrected chi connectivity index (χ3v) is 3.73. The molecule has 0 spiro atoms. The van der Waals surface area contributed by atoms with E-state index in [-0.39, 0.29) is 5.92 Å². The molecule has 3 aromatic rings. The maximum Gasteiger partial charge on any atom is 0.116 e. The van der Waals surface area contributed by atoms with Gasteiger partial charge in [-0.1, -0.05) is 36.4 Å². The van der Waals surface area contributed by atoms with Gasteiger partial charge < -0.3 is 4.42 Å². The van der Waals surface area contributed by atoms with E-state index in [4.69, 9.17) is 4.42 Å². The summed E-state index contributed by atoms with van der Waals surface area (Å²) in [6, 6.07) is 18.7. The van der Waals surface area contributed by atoms with Crippen LogP contribution >= 0.6 is 11.3 Å². The van der Waals surface area contributed by atoms with Crippen LogP contribution in [0.5, 0.6) is 0 Å². The second-order valence-electron chi connectivity index (χ2n) is 3.87. The highest BCUT2D eigenvalue weighted by atomic mass is 32.1. The lowest BCUT2D eigenvalue weighted by Gasteiger charge is -2.13. The molecule has 0 fully saturated rings. The standard InChI is InChI=1S/C15H12OS/c1-2-6-12(7-3-1)15(13-8-4-10-16-13)14-9-5-11-17-14/h1-11,15H. The van der Waals surface area contributed by atoms with Crippen molar-refractivity contribution < 1.29 is 4.42 Å². The highest BCUT2D eigenvalue weighted by Gasteiger charge is 2.19. The van der Waals surface area contributed by atoms with Crippen LogP contribution in [0.25, 0.3) is 0 Å². The molecule has 0 aliphatic heterocycles. The van der Waals surface area contributed by atoms with Crippen molar-refractivity contribution in [2.75, 3.05) is 0 Å². The minimum absolute atomic E-state index is 0.214. The predicted octanol–water partition coefficient (Wildman–Crippen LogP) is 4.52. The molecule has 0 bridgehead atoms. The largest absolute Gasteiger partial charge is 0.468 e. The van der Waals surface area contributed by atoms with Gasteiger partial charge in [-0.15, -0.1) is 11.3 Å². The Kier molecular flexibility index (Phi) is 2.80. The van der Waals surface area contributed by atoms with Crippen molar-refractivity contribution in [3.63, 3.8) is 0 Å².